The maximum absolute atomic E-state index is 11.9. The molecule has 1 amide bonds. The number of amides is 1. The van der Waals surface area contributed by atoms with Gasteiger partial charge in [-0.2, -0.15) is 13.2 Å². The van der Waals surface area contributed by atoms with E-state index in [4.69, 9.17) is 10.5 Å². The molecule has 1 unspecified atom stereocenters. The number of halogens is 3. The average Bonchev–Trinajstić information content (AvgIpc) is 2.99. The average molecular weight is 268 g/mol. The number of hydrogen-bond acceptors (Lipinski definition) is 3. The molecule has 3 N–H and O–H groups in total. The molecule has 4 nitrogen and oxygen atoms in total. The van der Waals surface area contributed by atoms with Crippen LogP contribution in [0, 0.1) is 0 Å². The minimum Gasteiger partial charge on any atom is -0.381 e. The summed E-state index contributed by atoms with van der Waals surface area (Å²) >= 11 is 0. The normalized spacial score (nSPS) is 19.6. The molecule has 0 saturated heterocycles. The van der Waals surface area contributed by atoms with Gasteiger partial charge in [0, 0.05) is 12.6 Å². The van der Waals surface area contributed by atoms with E-state index in [-0.39, 0.29) is 25.7 Å². The van der Waals surface area contributed by atoms with E-state index in [0.29, 0.717) is 0 Å². The van der Waals surface area contributed by atoms with Crippen LogP contribution in [0.1, 0.15) is 32.6 Å². The molecule has 1 saturated carbocycles. The lowest BCUT2D eigenvalue weighted by Gasteiger charge is -2.27. The molecule has 1 fully saturated rings. The number of nitrogens with two attached hydrogens (primary N) is 1. The molecule has 106 valence electrons. The third kappa shape index (κ3) is 5.68. The topological polar surface area (TPSA) is 64.3 Å². The Morgan fingerprint density at radius 2 is 1.89 bits per heavy atom. The zero-order valence-corrected chi connectivity index (χ0v) is 10.3. The Morgan fingerprint density at radius 1 is 1.33 bits per heavy atom. The van der Waals surface area contributed by atoms with Crippen LogP contribution in [0.15, 0.2) is 0 Å². The standard InChI is InChI=1S/C11H19F3N2O2/c1-10(9(15)17,16-8-2-3-8)4-6-18-7-5-11(12,13)14/h8,16H,2-7H2,1H3,(H2,15,17). The number of carbonyl (C=O) groups excluding carboxylic acids is 1. The summed E-state index contributed by atoms with van der Waals surface area (Å²) in [6.07, 6.45) is -2.91. The fourth-order valence-corrected chi connectivity index (χ4v) is 1.51. The van der Waals surface area contributed by atoms with Gasteiger partial charge in [0.25, 0.3) is 0 Å². The first kappa shape index (κ1) is 15.2. The molecule has 18 heavy (non-hydrogen) atoms. The fraction of sp³-hybridized carbons (Fsp3) is 0.909. The fourth-order valence-electron chi connectivity index (χ4n) is 1.51. The Kier molecular flexibility index (Phi) is 4.98. The largest absolute Gasteiger partial charge is 0.391 e. The van der Waals surface area contributed by atoms with Crippen molar-refractivity contribution in [3.63, 3.8) is 0 Å². The van der Waals surface area contributed by atoms with Gasteiger partial charge >= 0.3 is 6.18 Å². The minimum atomic E-state index is -4.21. The third-order valence-corrected chi connectivity index (χ3v) is 2.92. The minimum absolute atomic E-state index is 0.0786. The molecular weight excluding hydrogens is 249 g/mol. The van der Waals surface area contributed by atoms with Gasteiger partial charge in [-0.25, -0.2) is 0 Å². The molecular formula is C11H19F3N2O2. The second-order valence-electron chi connectivity index (χ2n) is 4.84. The van der Waals surface area contributed by atoms with Crippen LogP contribution in [0.25, 0.3) is 0 Å². The van der Waals surface area contributed by atoms with Crippen LogP contribution in [0.5, 0.6) is 0 Å². The monoisotopic (exact) mass is 268 g/mol. The van der Waals surface area contributed by atoms with Gasteiger partial charge in [-0.05, 0) is 26.2 Å². The molecule has 0 aromatic heterocycles. The van der Waals surface area contributed by atoms with Crippen molar-refractivity contribution in [1.29, 1.82) is 0 Å². The van der Waals surface area contributed by atoms with Crippen molar-refractivity contribution in [2.75, 3.05) is 13.2 Å². The van der Waals surface area contributed by atoms with Gasteiger partial charge in [0.15, 0.2) is 0 Å². The van der Waals surface area contributed by atoms with Crippen LogP contribution < -0.4 is 11.1 Å². The lowest BCUT2D eigenvalue weighted by molar-refractivity contribution is -0.146. The quantitative estimate of drug-likeness (QED) is 0.653. The Hall–Kier alpha value is -0.820. The van der Waals surface area contributed by atoms with Crippen molar-refractivity contribution in [3.8, 4) is 0 Å². The molecule has 0 spiro atoms. The first-order chi connectivity index (χ1) is 8.23. The molecule has 0 heterocycles. The summed E-state index contributed by atoms with van der Waals surface area (Å²) in [5, 5.41) is 3.10. The molecule has 0 radical (unpaired) electrons. The number of ether oxygens (including phenoxy) is 1. The first-order valence-electron chi connectivity index (χ1n) is 5.95. The number of carbonyl (C=O) groups is 1. The summed E-state index contributed by atoms with van der Waals surface area (Å²) in [7, 11) is 0. The zero-order valence-electron chi connectivity index (χ0n) is 10.3. The van der Waals surface area contributed by atoms with Crippen LogP contribution in [0.3, 0.4) is 0 Å². The van der Waals surface area contributed by atoms with Gasteiger partial charge in [0.1, 0.15) is 0 Å². The van der Waals surface area contributed by atoms with Gasteiger partial charge in [0.2, 0.25) is 5.91 Å². The van der Waals surface area contributed by atoms with Crippen molar-refractivity contribution in [2.45, 2.75) is 50.4 Å². The van der Waals surface area contributed by atoms with Crippen LogP contribution >= 0.6 is 0 Å². The molecule has 0 aromatic rings. The maximum Gasteiger partial charge on any atom is 0.391 e. The molecule has 0 aromatic carbocycles. The van der Waals surface area contributed by atoms with E-state index in [2.05, 4.69) is 5.32 Å². The van der Waals surface area contributed by atoms with Crippen molar-refractivity contribution in [3.05, 3.63) is 0 Å². The molecule has 1 aliphatic carbocycles. The van der Waals surface area contributed by atoms with Crippen molar-refractivity contribution in [1.82, 2.24) is 5.32 Å². The maximum atomic E-state index is 11.9. The number of nitrogens with one attached hydrogen (secondary N) is 1. The SMILES string of the molecule is CC(CCOCCC(F)(F)F)(NC1CC1)C(N)=O. The third-order valence-electron chi connectivity index (χ3n) is 2.92. The summed E-state index contributed by atoms with van der Waals surface area (Å²) in [6.45, 7) is 1.35. The Morgan fingerprint density at radius 3 is 2.33 bits per heavy atom. The summed E-state index contributed by atoms with van der Waals surface area (Å²) in [5.74, 6) is -0.506. The summed E-state index contributed by atoms with van der Waals surface area (Å²) in [5.41, 5.74) is 4.39. The van der Waals surface area contributed by atoms with Crippen LogP contribution in [0.4, 0.5) is 13.2 Å². The van der Waals surface area contributed by atoms with Crippen LogP contribution in [-0.2, 0) is 9.53 Å². The molecule has 1 rings (SSSR count). The van der Waals surface area contributed by atoms with E-state index in [9.17, 15) is 18.0 Å². The number of alkyl halides is 3. The predicted octanol–water partition coefficient (Wildman–Crippen LogP) is 1.34. The lowest BCUT2D eigenvalue weighted by Crippen LogP contribution is -2.54. The van der Waals surface area contributed by atoms with E-state index in [1.807, 2.05) is 0 Å². The zero-order chi connectivity index (χ0) is 13.8. The highest BCUT2D eigenvalue weighted by Crippen LogP contribution is 2.24. The summed E-state index contributed by atoms with van der Waals surface area (Å²) < 4.78 is 40.5. The number of rotatable bonds is 8. The van der Waals surface area contributed by atoms with Gasteiger partial charge in [-0.1, -0.05) is 0 Å². The highest BCUT2D eigenvalue weighted by molar-refractivity contribution is 5.84. The second-order valence-corrected chi connectivity index (χ2v) is 4.84. The second kappa shape index (κ2) is 5.88. The van der Waals surface area contributed by atoms with E-state index in [1.165, 1.54) is 0 Å². The van der Waals surface area contributed by atoms with E-state index in [1.54, 1.807) is 6.92 Å². The summed E-state index contributed by atoms with van der Waals surface area (Å²) in [4.78, 5) is 11.3. The van der Waals surface area contributed by atoms with Gasteiger partial charge in [-0.3, -0.25) is 4.79 Å². The highest BCUT2D eigenvalue weighted by Gasteiger charge is 2.36. The van der Waals surface area contributed by atoms with Crippen LogP contribution in [-0.4, -0.2) is 36.9 Å². The van der Waals surface area contributed by atoms with E-state index in [0.717, 1.165) is 12.8 Å². The Bertz CT molecular complexity index is 293. The molecule has 1 atom stereocenters. The first-order valence-corrected chi connectivity index (χ1v) is 5.95. The van der Waals surface area contributed by atoms with Crippen molar-refractivity contribution >= 4 is 5.91 Å². The molecule has 7 heteroatoms. The Balaban J connectivity index is 2.23. The smallest absolute Gasteiger partial charge is 0.381 e. The summed E-state index contributed by atoms with van der Waals surface area (Å²) in [6, 6.07) is 0.290. The Labute approximate surface area is 104 Å². The predicted molar refractivity (Wildman–Crippen MR) is 59.9 cm³/mol. The van der Waals surface area contributed by atoms with Gasteiger partial charge in [0.05, 0.1) is 18.6 Å². The highest BCUT2D eigenvalue weighted by atomic mass is 19.4. The molecule has 0 bridgehead atoms. The van der Waals surface area contributed by atoms with Crippen molar-refractivity contribution < 1.29 is 22.7 Å². The van der Waals surface area contributed by atoms with E-state index < -0.39 is 24.0 Å². The van der Waals surface area contributed by atoms with E-state index >= 15 is 0 Å². The molecule has 0 aliphatic heterocycles. The number of primary amides is 1. The lowest BCUT2D eigenvalue weighted by atomic mass is 9.97. The van der Waals surface area contributed by atoms with Gasteiger partial charge in [-0.15, -0.1) is 0 Å². The van der Waals surface area contributed by atoms with Crippen molar-refractivity contribution in [2.24, 2.45) is 5.73 Å². The number of hydrogen-bond donors (Lipinski definition) is 2. The molecule has 1 aliphatic rings. The van der Waals surface area contributed by atoms with Gasteiger partial charge < -0.3 is 15.8 Å². The van der Waals surface area contributed by atoms with Crippen LogP contribution in [0.2, 0.25) is 0 Å².